The lowest BCUT2D eigenvalue weighted by Crippen LogP contribution is -2.36. The molecule has 0 amide bonds. The average molecular weight is 383 g/mol. The van der Waals surface area contributed by atoms with Gasteiger partial charge in [0.25, 0.3) is 0 Å². The van der Waals surface area contributed by atoms with Gasteiger partial charge in [0.05, 0.1) is 12.6 Å². The summed E-state index contributed by atoms with van der Waals surface area (Å²) in [7, 11) is 0. The van der Waals surface area contributed by atoms with Crippen molar-refractivity contribution in [2.24, 2.45) is 0 Å². The van der Waals surface area contributed by atoms with Crippen molar-refractivity contribution in [3.05, 3.63) is 65.5 Å². The Morgan fingerprint density at radius 2 is 2.18 bits per heavy atom. The van der Waals surface area contributed by atoms with E-state index in [1.165, 1.54) is 0 Å². The van der Waals surface area contributed by atoms with E-state index < -0.39 is 0 Å². The summed E-state index contributed by atoms with van der Waals surface area (Å²) >= 11 is 0. The summed E-state index contributed by atoms with van der Waals surface area (Å²) in [5, 5.41) is 10.2. The van der Waals surface area contributed by atoms with Gasteiger partial charge in [0.2, 0.25) is 0 Å². The molecule has 0 spiro atoms. The Kier molecular flexibility index (Phi) is 6.70. The van der Waals surface area contributed by atoms with Crippen LogP contribution in [0, 0.1) is 13.8 Å². The monoisotopic (exact) mass is 382 g/mol. The highest BCUT2D eigenvalue weighted by molar-refractivity contribution is 5.99. The van der Waals surface area contributed by atoms with E-state index in [-0.39, 0.29) is 17.6 Å². The third kappa shape index (κ3) is 4.72. The van der Waals surface area contributed by atoms with Gasteiger partial charge in [-0.15, -0.1) is 6.58 Å². The fourth-order valence-corrected chi connectivity index (χ4v) is 3.93. The number of allylic oxidation sites excluding steroid dienone is 1. The quantitative estimate of drug-likeness (QED) is 0.529. The highest BCUT2D eigenvalue weighted by Crippen LogP contribution is 2.22. The molecular weight excluding hydrogens is 352 g/mol. The molecule has 1 fully saturated rings. The normalized spacial score (nSPS) is 16.6. The van der Waals surface area contributed by atoms with Crippen molar-refractivity contribution in [3.8, 4) is 5.75 Å². The largest absolute Gasteiger partial charge is 0.508 e. The van der Waals surface area contributed by atoms with Gasteiger partial charge >= 0.3 is 0 Å². The van der Waals surface area contributed by atoms with Crippen LogP contribution < -0.4 is 0 Å². The minimum atomic E-state index is 0.0943. The van der Waals surface area contributed by atoms with E-state index in [9.17, 15) is 9.90 Å². The summed E-state index contributed by atoms with van der Waals surface area (Å²) in [4.78, 5) is 15.2. The minimum absolute atomic E-state index is 0.0943. The summed E-state index contributed by atoms with van der Waals surface area (Å²) in [5.41, 5.74) is 3.62. The third-order valence-corrected chi connectivity index (χ3v) is 5.42. The Bertz CT molecular complexity index is 834. The molecular formula is C23H30N2O3. The van der Waals surface area contributed by atoms with Crippen LogP contribution in [0.3, 0.4) is 0 Å². The van der Waals surface area contributed by atoms with Crippen LogP contribution in [-0.4, -0.2) is 46.2 Å². The predicted molar refractivity (Wildman–Crippen MR) is 111 cm³/mol. The van der Waals surface area contributed by atoms with Crippen LogP contribution in [0.25, 0.3) is 0 Å². The van der Waals surface area contributed by atoms with E-state index >= 15 is 0 Å². The Labute approximate surface area is 167 Å². The predicted octanol–water partition coefficient (Wildman–Crippen LogP) is 3.86. The molecule has 0 aliphatic carbocycles. The Morgan fingerprint density at radius 3 is 2.86 bits per heavy atom. The fourth-order valence-electron chi connectivity index (χ4n) is 3.93. The molecule has 1 unspecified atom stereocenters. The smallest absolute Gasteiger partial charge is 0.178 e. The molecule has 1 atom stereocenters. The van der Waals surface area contributed by atoms with Crippen molar-refractivity contribution < 1.29 is 14.6 Å². The topological polar surface area (TPSA) is 54.7 Å². The number of benzene rings is 1. The lowest BCUT2D eigenvalue weighted by atomic mass is 10.1. The van der Waals surface area contributed by atoms with Crippen molar-refractivity contribution in [1.82, 2.24) is 9.47 Å². The maximum absolute atomic E-state index is 13.1. The lowest BCUT2D eigenvalue weighted by molar-refractivity contribution is 0.0647. The zero-order chi connectivity index (χ0) is 20.1. The standard InChI is InChI=1S/C23H30N2O3/c1-4-11-25-17(2)13-21(18(25)3)23(27)16-24(15-20-9-7-12-28-20)14-19-8-5-6-10-22(19)26/h4-6,8,10,13,20,26H,1,7,9,11-12,14-16H2,2-3H3. The molecule has 2 heterocycles. The highest BCUT2D eigenvalue weighted by atomic mass is 16.5. The van der Waals surface area contributed by atoms with Crippen molar-refractivity contribution in [2.45, 2.75) is 45.9 Å². The third-order valence-electron chi connectivity index (χ3n) is 5.42. The van der Waals surface area contributed by atoms with Crippen molar-refractivity contribution >= 4 is 5.78 Å². The molecule has 1 aromatic carbocycles. The second kappa shape index (κ2) is 9.22. The first kappa shape index (κ1) is 20.4. The Hall–Kier alpha value is -2.37. The summed E-state index contributed by atoms with van der Waals surface area (Å²) in [5.74, 6) is 0.355. The van der Waals surface area contributed by atoms with Gasteiger partial charge in [-0.25, -0.2) is 0 Å². The van der Waals surface area contributed by atoms with Crippen LogP contribution in [0.2, 0.25) is 0 Å². The van der Waals surface area contributed by atoms with Crippen LogP contribution >= 0.6 is 0 Å². The number of aromatic nitrogens is 1. The number of para-hydroxylation sites is 1. The average Bonchev–Trinajstić information content (AvgIpc) is 3.27. The van der Waals surface area contributed by atoms with Gasteiger partial charge in [-0.05, 0) is 38.8 Å². The lowest BCUT2D eigenvalue weighted by Gasteiger charge is -2.25. The number of rotatable bonds is 9. The molecule has 1 N–H and O–H groups in total. The van der Waals surface area contributed by atoms with Crippen LogP contribution in [0.1, 0.15) is 40.2 Å². The molecule has 3 rings (SSSR count). The van der Waals surface area contributed by atoms with E-state index in [0.29, 0.717) is 26.2 Å². The molecule has 150 valence electrons. The van der Waals surface area contributed by atoms with Gasteiger partial charge in [0.1, 0.15) is 5.75 Å². The van der Waals surface area contributed by atoms with Gasteiger partial charge in [-0.2, -0.15) is 0 Å². The number of ketones is 1. The number of nitrogens with zero attached hydrogens (tertiary/aromatic N) is 2. The van der Waals surface area contributed by atoms with E-state index in [2.05, 4.69) is 16.0 Å². The van der Waals surface area contributed by atoms with Crippen molar-refractivity contribution in [2.75, 3.05) is 19.7 Å². The maximum Gasteiger partial charge on any atom is 0.178 e. The molecule has 0 radical (unpaired) electrons. The fraction of sp³-hybridized carbons (Fsp3) is 0.435. The number of hydrogen-bond acceptors (Lipinski definition) is 4. The minimum Gasteiger partial charge on any atom is -0.508 e. The number of Topliss-reactive ketones (excluding diaryl/α,β-unsaturated/α-hetero) is 1. The zero-order valence-electron chi connectivity index (χ0n) is 16.9. The van der Waals surface area contributed by atoms with E-state index in [1.807, 2.05) is 44.2 Å². The second-order valence-electron chi connectivity index (χ2n) is 7.54. The van der Waals surface area contributed by atoms with E-state index in [1.54, 1.807) is 6.07 Å². The molecule has 1 aliphatic heterocycles. The first-order valence-corrected chi connectivity index (χ1v) is 9.91. The maximum atomic E-state index is 13.1. The summed E-state index contributed by atoms with van der Waals surface area (Å²) in [6.07, 6.45) is 4.06. The molecule has 5 heteroatoms. The van der Waals surface area contributed by atoms with Crippen LogP contribution in [0.5, 0.6) is 5.75 Å². The van der Waals surface area contributed by atoms with E-state index in [0.717, 1.165) is 42.0 Å². The van der Waals surface area contributed by atoms with Gasteiger partial charge in [-0.3, -0.25) is 9.69 Å². The molecule has 1 saturated heterocycles. The zero-order valence-corrected chi connectivity index (χ0v) is 16.9. The highest BCUT2D eigenvalue weighted by Gasteiger charge is 2.23. The summed E-state index contributed by atoms with van der Waals surface area (Å²) in [6.45, 7) is 10.8. The van der Waals surface area contributed by atoms with Crippen LogP contribution in [0.15, 0.2) is 43.0 Å². The molecule has 0 bridgehead atoms. The molecule has 1 aliphatic rings. The molecule has 5 nitrogen and oxygen atoms in total. The van der Waals surface area contributed by atoms with Gasteiger partial charge in [0.15, 0.2) is 5.78 Å². The van der Waals surface area contributed by atoms with Crippen molar-refractivity contribution in [3.63, 3.8) is 0 Å². The van der Waals surface area contributed by atoms with Gasteiger partial charge < -0.3 is 14.4 Å². The number of phenols is 1. The molecule has 28 heavy (non-hydrogen) atoms. The van der Waals surface area contributed by atoms with Crippen LogP contribution in [-0.2, 0) is 17.8 Å². The second-order valence-corrected chi connectivity index (χ2v) is 7.54. The number of aryl methyl sites for hydroxylation is 1. The summed E-state index contributed by atoms with van der Waals surface area (Å²) in [6, 6.07) is 9.26. The number of aromatic hydroxyl groups is 1. The number of carbonyl (C=O) groups excluding carboxylic acids is 1. The number of phenolic OH excluding ortho intramolecular Hbond substituents is 1. The van der Waals surface area contributed by atoms with Crippen LogP contribution in [0.4, 0.5) is 0 Å². The Morgan fingerprint density at radius 1 is 1.39 bits per heavy atom. The number of ether oxygens (including phenoxy) is 1. The SMILES string of the molecule is C=CCn1c(C)cc(C(=O)CN(Cc2ccccc2O)CC2CCCO2)c1C. The number of carbonyl (C=O) groups is 1. The molecule has 2 aromatic rings. The van der Waals surface area contributed by atoms with E-state index in [4.69, 9.17) is 4.74 Å². The molecule has 0 saturated carbocycles. The summed E-state index contributed by atoms with van der Waals surface area (Å²) < 4.78 is 7.89. The Balaban J connectivity index is 1.78. The first-order chi connectivity index (χ1) is 13.5. The first-order valence-electron chi connectivity index (χ1n) is 9.91. The number of hydrogen-bond donors (Lipinski definition) is 1. The van der Waals surface area contributed by atoms with Gasteiger partial charge in [0, 0.05) is 48.8 Å². The van der Waals surface area contributed by atoms with Gasteiger partial charge in [-0.1, -0.05) is 24.3 Å². The van der Waals surface area contributed by atoms with Crippen molar-refractivity contribution in [1.29, 1.82) is 0 Å². The molecule has 1 aromatic heterocycles.